The van der Waals surface area contributed by atoms with Gasteiger partial charge >= 0.3 is 0 Å². The summed E-state index contributed by atoms with van der Waals surface area (Å²) >= 11 is 0. The number of pyridine rings is 1. The third-order valence-electron chi connectivity index (χ3n) is 0.566. The average Bonchev–Trinajstić information content (AvgIpc) is 1.96. The average molecular weight is 308 g/mol. The minimum Gasteiger partial charge on any atom is -0.358 e. The smallest absolute Gasteiger partial charge is 0.0267 e. The second-order valence-electron chi connectivity index (χ2n) is 1.02. The van der Waals surface area contributed by atoms with Gasteiger partial charge in [0.15, 0.2) is 0 Å². The summed E-state index contributed by atoms with van der Waals surface area (Å²) in [6.07, 6.45) is 3.50. The third-order valence-corrected chi connectivity index (χ3v) is 0.566. The zero-order valence-electron chi connectivity index (χ0n) is 6.74. The van der Waals surface area contributed by atoms with Crippen molar-refractivity contribution in [1.82, 2.24) is 4.98 Å². The molecule has 1 nitrogen and oxygen atoms in total. The van der Waals surface area contributed by atoms with E-state index >= 15 is 0 Å². The zero-order valence-corrected chi connectivity index (χ0v) is 9.68. The van der Waals surface area contributed by atoms with E-state index in [4.69, 9.17) is 0 Å². The van der Waals surface area contributed by atoms with Gasteiger partial charge in [0, 0.05) is 33.5 Å². The first-order chi connectivity index (χ1) is 4.00. The van der Waals surface area contributed by atoms with Crippen LogP contribution in [0.1, 0.15) is 13.8 Å². The minimum absolute atomic E-state index is 0. The van der Waals surface area contributed by atoms with Crippen LogP contribution in [-0.4, -0.2) is 4.98 Å². The van der Waals surface area contributed by atoms with E-state index in [-0.39, 0.29) is 28.5 Å². The SMILES string of the molecule is CC.[CH3-].[W].c1ccncc1. The van der Waals surface area contributed by atoms with Gasteiger partial charge in [-0.15, -0.1) is 0 Å². The molecule has 0 aromatic carbocycles. The zero-order chi connectivity index (χ0) is 6.24. The molecule has 1 rings (SSSR count). The van der Waals surface area contributed by atoms with E-state index in [1.54, 1.807) is 12.4 Å². The van der Waals surface area contributed by atoms with Crippen molar-refractivity contribution in [3.05, 3.63) is 38.0 Å². The van der Waals surface area contributed by atoms with Gasteiger partial charge in [0.05, 0.1) is 0 Å². The summed E-state index contributed by atoms with van der Waals surface area (Å²) in [6.45, 7) is 4.00. The van der Waals surface area contributed by atoms with E-state index in [1.165, 1.54) is 0 Å². The normalized spacial score (nSPS) is 5.40. The van der Waals surface area contributed by atoms with Crippen LogP contribution in [0.15, 0.2) is 30.6 Å². The van der Waals surface area contributed by atoms with Gasteiger partial charge in [0.2, 0.25) is 0 Å². The van der Waals surface area contributed by atoms with Crippen LogP contribution in [0.5, 0.6) is 0 Å². The Morgan fingerprint density at radius 2 is 1.30 bits per heavy atom. The summed E-state index contributed by atoms with van der Waals surface area (Å²) in [5.74, 6) is 0. The van der Waals surface area contributed by atoms with Crippen molar-refractivity contribution >= 4 is 0 Å². The van der Waals surface area contributed by atoms with Crippen molar-refractivity contribution < 1.29 is 21.1 Å². The van der Waals surface area contributed by atoms with E-state index in [1.807, 2.05) is 32.0 Å². The van der Waals surface area contributed by atoms with Crippen molar-refractivity contribution in [2.45, 2.75) is 13.8 Å². The predicted octanol–water partition coefficient (Wildman–Crippen LogP) is 2.56. The van der Waals surface area contributed by atoms with Crippen molar-refractivity contribution in [3.8, 4) is 0 Å². The Morgan fingerprint density at radius 1 is 0.900 bits per heavy atom. The summed E-state index contributed by atoms with van der Waals surface area (Å²) in [5, 5.41) is 0. The van der Waals surface area contributed by atoms with E-state index < -0.39 is 0 Å². The standard InChI is InChI=1S/C5H5N.C2H6.CH3.W/c1-2-4-6-5-3-1;1-2;;/h1-5H;1-2H3;1H3;/q;;-1;. The van der Waals surface area contributed by atoms with Crippen LogP contribution < -0.4 is 0 Å². The largest absolute Gasteiger partial charge is 0.358 e. The molecule has 0 bridgehead atoms. The molecular weight excluding hydrogens is 294 g/mol. The van der Waals surface area contributed by atoms with Crippen LogP contribution in [0, 0.1) is 7.43 Å². The summed E-state index contributed by atoms with van der Waals surface area (Å²) in [5.41, 5.74) is 0. The molecule has 0 radical (unpaired) electrons. The van der Waals surface area contributed by atoms with Crippen molar-refractivity contribution in [3.63, 3.8) is 0 Å². The van der Waals surface area contributed by atoms with E-state index in [9.17, 15) is 0 Å². The summed E-state index contributed by atoms with van der Waals surface area (Å²) in [7, 11) is 0. The fourth-order valence-electron chi connectivity index (χ4n) is 0.313. The number of aromatic nitrogens is 1. The molecule has 58 valence electrons. The Kier molecular flexibility index (Phi) is 26.2. The summed E-state index contributed by atoms with van der Waals surface area (Å²) in [4.78, 5) is 3.78. The quantitative estimate of drug-likeness (QED) is 0.671. The third kappa shape index (κ3) is 10.8. The molecule has 1 heterocycles. The molecule has 0 aliphatic rings. The van der Waals surface area contributed by atoms with E-state index in [0.717, 1.165) is 0 Å². The molecule has 0 saturated heterocycles. The molecule has 0 N–H and O–H groups in total. The summed E-state index contributed by atoms with van der Waals surface area (Å²) < 4.78 is 0. The predicted molar refractivity (Wildman–Crippen MR) is 42.0 cm³/mol. The van der Waals surface area contributed by atoms with Gasteiger partial charge < -0.3 is 7.43 Å². The maximum atomic E-state index is 3.78. The van der Waals surface area contributed by atoms with Gasteiger partial charge in [0.1, 0.15) is 0 Å². The van der Waals surface area contributed by atoms with E-state index in [0.29, 0.717) is 0 Å². The Bertz CT molecular complexity index is 81.2. The van der Waals surface area contributed by atoms with E-state index in [2.05, 4.69) is 4.98 Å². The molecule has 2 heteroatoms. The molecule has 0 saturated carbocycles. The maximum Gasteiger partial charge on any atom is 0.0267 e. The van der Waals surface area contributed by atoms with Crippen LogP contribution in [-0.2, 0) is 21.1 Å². The fourth-order valence-corrected chi connectivity index (χ4v) is 0.313. The van der Waals surface area contributed by atoms with Crippen molar-refractivity contribution in [2.24, 2.45) is 0 Å². The molecule has 0 fully saturated rings. The van der Waals surface area contributed by atoms with Gasteiger partial charge in [-0.05, 0) is 12.1 Å². The van der Waals surface area contributed by atoms with Crippen molar-refractivity contribution in [2.75, 3.05) is 0 Å². The van der Waals surface area contributed by atoms with Crippen LogP contribution in [0.2, 0.25) is 0 Å². The molecule has 0 unspecified atom stereocenters. The van der Waals surface area contributed by atoms with Crippen LogP contribution in [0.25, 0.3) is 0 Å². The number of hydrogen-bond acceptors (Lipinski definition) is 1. The van der Waals surface area contributed by atoms with Gasteiger partial charge in [-0.2, -0.15) is 0 Å². The first kappa shape index (κ1) is 16.4. The first-order valence-corrected chi connectivity index (χ1v) is 2.85. The minimum atomic E-state index is 0. The second-order valence-corrected chi connectivity index (χ2v) is 1.02. The van der Waals surface area contributed by atoms with Crippen LogP contribution in [0.3, 0.4) is 0 Å². The monoisotopic (exact) mass is 308 g/mol. The number of hydrogen-bond donors (Lipinski definition) is 0. The maximum absolute atomic E-state index is 3.78. The molecule has 0 atom stereocenters. The molecule has 0 amide bonds. The fraction of sp³-hybridized carbons (Fsp3) is 0.250. The van der Waals surface area contributed by atoms with Crippen LogP contribution >= 0.6 is 0 Å². The van der Waals surface area contributed by atoms with Gasteiger partial charge in [-0.1, -0.05) is 19.9 Å². The summed E-state index contributed by atoms with van der Waals surface area (Å²) in [6, 6.07) is 5.72. The molecule has 0 aliphatic carbocycles. The van der Waals surface area contributed by atoms with Gasteiger partial charge in [-0.25, -0.2) is 0 Å². The molecular formula is C8H14NW-. The molecule has 10 heavy (non-hydrogen) atoms. The molecule has 1 aromatic heterocycles. The molecule has 1 aromatic rings. The molecule has 0 aliphatic heterocycles. The van der Waals surface area contributed by atoms with Gasteiger partial charge in [-0.3, -0.25) is 4.98 Å². The van der Waals surface area contributed by atoms with Gasteiger partial charge in [0.25, 0.3) is 0 Å². The Morgan fingerprint density at radius 3 is 1.40 bits per heavy atom. The number of nitrogens with zero attached hydrogens (tertiary/aromatic N) is 1. The Hall–Kier alpha value is -0.162. The Balaban J connectivity index is -0.000000114. The Labute approximate surface area is 78.1 Å². The van der Waals surface area contributed by atoms with Crippen LogP contribution in [0.4, 0.5) is 0 Å². The topological polar surface area (TPSA) is 12.9 Å². The van der Waals surface area contributed by atoms with Crippen molar-refractivity contribution in [1.29, 1.82) is 0 Å². The number of rotatable bonds is 0. The second kappa shape index (κ2) is 15.9. The first-order valence-electron chi connectivity index (χ1n) is 2.85. The molecule has 0 spiro atoms.